The highest BCUT2D eigenvalue weighted by Crippen LogP contribution is 2.31. The molecule has 0 fully saturated rings. The number of allylic oxidation sites excluding steroid dienone is 4. The summed E-state index contributed by atoms with van der Waals surface area (Å²) in [7, 11) is 0. The fourth-order valence-corrected chi connectivity index (χ4v) is 2.56. The predicted molar refractivity (Wildman–Crippen MR) is 89.1 cm³/mol. The van der Waals surface area contributed by atoms with Gasteiger partial charge in [0, 0.05) is 30.4 Å². The Hall–Kier alpha value is -2.24. The normalized spacial score (nSPS) is 19.5. The summed E-state index contributed by atoms with van der Waals surface area (Å²) < 4.78 is 5.58. The fraction of sp³-hybridized carbons (Fsp3) is 0.368. The van der Waals surface area contributed by atoms with Crippen LogP contribution in [0.3, 0.4) is 0 Å². The lowest BCUT2D eigenvalue weighted by molar-refractivity contribution is -0.294. The molecule has 0 amide bonds. The topological polar surface area (TPSA) is 57.7 Å². The second-order valence-electron chi connectivity index (χ2n) is 5.78. The maximum absolute atomic E-state index is 12.5. The van der Waals surface area contributed by atoms with Gasteiger partial charge in [0.05, 0.1) is 6.61 Å². The summed E-state index contributed by atoms with van der Waals surface area (Å²) in [5, 5.41) is 0. The molecule has 3 rings (SSSR count). The Bertz CT molecular complexity index is 676. The van der Waals surface area contributed by atoms with E-state index in [1.807, 2.05) is 12.1 Å². The summed E-state index contributed by atoms with van der Waals surface area (Å²) in [6.07, 6.45) is 9.51. The van der Waals surface area contributed by atoms with Crippen molar-refractivity contribution in [1.29, 1.82) is 0 Å². The van der Waals surface area contributed by atoms with Crippen molar-refractivity contribution in [2.75, 3.05) is 13.2 Å². The molecular weight excluding hydrogens is 306 g/mol. The molecule has 5 nitrogen and oxygen atoms in total. The van der Waals surface area contributed by atoms with Crippen LogP contribution in [0.2, 0.25) is 0 Å². The van der Waals surface area contributed by atoms with Gasteiger partial charge >= 0.3 is 0 Å². The van der Waals surface area contributed by atoms with Crippen molar-refractivity contribution in [2.24, 2.45) is 0 Å². The Kier molecular flexibility index (Phi) is 5.56. The van der Waals surface area contributed by atoms with Crippen LogP contribution in [0.15, 0.2) is 59.5 Å². The lowest BCUT2D eigenvalue weighted by Gasteiger charge is -2.25. The van der Waals surface area contributed by atoms with Crippen molar-refractivity contribution in [1.82, 2.24) is 4.98 Å². The first kappa shape index (κ1) is 16.6. The number of hydrogen-bond acceptors (Lipinski definition) is 5. The molecular formula is C19H21NO4. The Morgan fingerprint density at radius 1 is 1.38 bits per heavy atom. The summed E-state index contributed by atoms with van der Waals surface area (Å²) in [6.45, 7) is 3.28. The summed E-state index contributed by atoms with van der Waals surface area (Å²) in [5.74, 6) is 0.589. The smallest absolute Gasteiger partial charge is 0.207 e. The number of Topliss-reactive ketones (excluding diaryl/α,β-unsaturated/α-hetero) is 1. The standard InChI is InChI=1S/C19H21NO4/c1-2-3-10-22-13-16-12-15-11-14(7-8-18(15)24-23-16)19(21)17-6-4-5-9-20-17/h4-9,12,16H,2-3,10-11,13H2,1H3. The molecule has 0 saturated carbocycles. The van der Waals surface area contributed by atoms with Crippen molar-refractivity contribution < 1.29 is 19.3 Å². The van der Waals surface area contributed by atoms with E-state index in [2.05, 4.69) is 11.9 Å². The quantitative estimate of drug-likeness (QED) is 0.435. The molecule has 24 heavy (non-hydrogen) atoms. The molecule has 0 spiro atoms. The first-order valence-electron chi connectivity index (χ1n) is 8.26. The molecule has 0 aromatic carbocycles. The summed E-state index contributed by atoms with van der Waals surface area (Å²) in [4.78, 5) is 27.3. The summed E-state index contributed by atoms with van der Waals surface area (Å²) in [5.41, 5.74) is 2.10. The molecule has 2 aliphatic rings. The van der Waals surface area contributed by atoms with E-state index < -0.39 is 0 Å². The zero-order valence-corrected chi connectivity index (χ0v) is 13.7. The molecule has 0 saturated heterocycles. The van der Waals surface area contributed by atoms with Crippen LogP contribution in [0.5, 0.6) is 0 Å². The van der Waals surface area contributed by atoms with Crippen LogP contribution in [0.1, 0.15) is 36.7 Å². The van der Waals surface area contributed by atoms with Crippen LogP contribution in [0.25, 0.3) is 0 Å². The van der Waals surface area contributed by atoms with Crippen LogP contribution in [-0.2, 0) is 14.5 Å². The zero-order valence-electron chi connectivity index (χ0n) is 13.7. The number of carbonyl (C=O) groups is 1. The van der Waals surface area contributed by atoms with E-state index in [9.17, 15) is 4.79 Å². The molecule has 1 aromatic rings. The van der Waals surface area contributed by atoms with Gasteiger partial charge in [-0.3, -0.25) is 9.78 Å². The average molecular weight is 327 g/mol. The Morgan fingerprint density at radius 2 is 2.29 bits per heavy atom. The van der Waals surface area contributed by atoms with Crippen molar-refractivity contribution in [3.63, 3.8) is 0 Å². The molecule has 1 aliphatic carbocycles. The van der Waals surface area contributed by atoms with Crippen molar-refractivity contribution >= 4 is 5.78 Å². The van der Waals surface area contributed by atoms with Gasteiger partial charge in [-0.2, -0.15) is 4.89 Å². The van der Waals surface area contributed by atoms with Gasteiger partial charge in [-0.1, -0.05) is 25.5 Å². The highest BCUT2D eigenvalue weighted by Gasteiger charge is 2.26. The Balaban J connectivity index is 1.66. The van der Waals surface area contributed by atoms with E-state index in [1.165, 1.54) is 0 Å². The number of aromatic nitrogens is 1. The minimum atomic E-state index is -0.252. The van der Waals surface area contributed by atoms with Gasteiger partial charge in [0.25, 0.3) is 0 Å². The first-order valence-corrected chi connectivity index (χ1v) is 8.26. The molecule has 0 N–H and O–H groups in total. The van der Waals surface area contributed by atoms with Crippen LogP contribution in [0, 0.1) is 0 Å². The van der Waals surface area contributed by atoms with E-state index in [1.54, 1.807) is 30.5 Å². The average Bonchev–Trinajstić information content (AvgIpc) is 2.65. The molecule has 2 heterocycles. The minimum Gasteiger partial charge on any atom is -0.378 e. The molecule has 0 radical (unpaired) electrons. The highest BCUT2D eigenvalue weighted by atomic mass is 17.2. The monoisotopic (exact) mass is 327 g/mol. The van der Waals surface area contributed by atoms with Crippen molar-refractivity contribution in [3.8, 4) is 0 Å². The zero-order chi connectivity index (χ0) is 16.8. The van der Waals surface area contributed by atoms with Gasteiger partial charge in [0.15, 0.2) is 5.76 Å². The number of nitrogens with zero attached hydrogens (tertiary/aromatic N) is 1. The molecule has 1 aliphatic heterocycles. The first-order chi connectivity index (χ1) is 11.8. The van der Waals surface area contributed by atoms with Crippen LogP contribution < -0.4 is 0 Å². The summed E-state index contributed by atoms with van der Waals surface area (Å²) in [6, 6.07) is 5.33. The highest BCUT2D eigenvalue weighted by molar-refractivity contribution is 6.08. The largest absolute Gasteiger partial charge is 0.378 e. The van der Waals surface area contributed by atoms with Gasteiger partial charge < -0.3 is 9.62 Å². The maximum Gasteiger partial charge on any atom is 0.207 e. The number of pyridine rings is 1. The van der Waals surface area contributed by atoms with E-state index in [4.69, 9.17) is 14.5 Å². The second-order valence-corrected chi connectivity index (χ2v) is 5.78. The molecule has 1 aromatic heterocycles. The van der Waals surface area contributed by atoms with Crippen LogP contribution in [-0.4, -0.2) is 30.1 Å². The van der Waals surface area contributed by atoms with Gasteiger partial charge in [-0.15, -0.1) is 0 Å². The lowest BCUT2D eigenvalue weighted by Crippen LogP contribution is -2.24. The van der Waals surface area contributed by atoms with Crippen LogP contribution >= 0.6 is 0 Å². The Labute approximate surface area is 141 Å². The van der Waals surface area contributed by atoms with E-state index in [0.717, 1.165) is 18.4 Å². The maximum atomic E-state index is 12.5. The number of carbonyl (C=O) groups excluding carboxylic acids is 1. The van der Waals surface area contributed by atoms with E-state index in [0.29, 0.717) is 36.7 Å². The van der Waals surface area contributed by atoms with E-state index >= 15 is 0 Å². The Morgan fingerprint density at radius 3 is 3.08 bits per heavy atom. The van der Waals surface area contributed by atoms with Gasteiger partial charge in [-0.25, -0.2) is 0 Å². The summed E-state index contributed by atoms with van der Waals surface area (Å²) >= 11 is 0. The molecule has 0 bridgehead atoms. The fourth-order valence-electron chi connectivity index (χ4n) is 2.56. The molecule has 1 unspecified atom stereocenters. The number of fused-ring (bicyclic) bond motifs is 1. The molecule has 126 valence electrons. The van der Waals surface area contributed by atoms with Gasteiger partial charge in [0.2, 0.25) is 5.78 Å². The SMILES string of the molecule is CCCCOCC1C=C2CC(C(=O)c3ccccn3)=CC=C2OO1. The van der Waals surface area contributed by atoms with Gasteiger partial charge in [0.1, 0.15) is 11.8 Å². The third-order valence-electron chi connectivity index (χ3n) is 3.90. The third kappa shape index (κ3) is 3.99. The number of rotatable bonds is 7. The predicted octanol–water partition coefficient (Wildman–Crippen LogP) is 3.55. The van der Waals surface area contributed by atoms with E-state index in [-0.39, 0.29) is 11.9 Å². The number of unbranched alkanes of at least 4 members (excludes halogenated alkanes) is 1. The van der Waals surface area contributed by atoms with Crippen LogP contribution in [0.4, 0.5) is 0 Å². The number of ether oxygens (including phenoxy) is 1. The number of ketones is 1. The van der Waals surface area contributed by atoms with Crippen molar-refractivity contribution in [3.05, 3.63) is 65.2 Å². The molecule has 5 heteroatoms. The minimum absolute atomic E-state index is 0.0611. The van der Waals surface area contributed by atoms with Gasteiger partial charge in [-0.05, 0) is 30.7 Å². The third-order valence-corrected chi connectivity index (χ3v) is 3.90. The van der Waals surface area contributed by atoms with Crippen molar-refractivity contribution in [2.45, 2.75) is 32.3 Å². The second kappa shape index (κ2) is 8.04. The number of hydrogen-bond donors (Lipinski definition) is 0. The molecule has 1 atom stereocenters. The lowest BCUT2D eigenvalue weighted by atomic mass is 9.92.